The van der Waals surface area contributed by atoms with Crippen LogP contribution in [-0.2, 0) is 6.18 Å². The minimum absolute atomic E-state index is 0.0905. The smallest absolute Gasteiger partial charge is 0.399 e. The van der Waals surface area contributed by atoms with Crippen LogP contribution in [-0.4, -0.2) is 36.8 Å². The molecule has 0 spiro atoms. The van der Waals surface area contributed by atoms with E-state index in [0.717, 1.165) is 6.07 Å². The van der Waals surface area contributed by atoms with E-state index in [4.69, 9.17) is 11.0 Å². The van der Waals surface area contributed by atoms with Gasteiger partial charge in [-0.1, -0.05) is 0 Å². The first kappa shape index (κ1) is 19.2. The lowest BCUT2D eigenvalue weighted by Gasteiger charge is -2.12. The summed E-state index contributed by atoms with van der Waals surface area (Å²) in [6, 6.07) is 3.47. The van der Waals surface area contributed by atoms with Gasteiger partial charge in [-0.15, -0.1) is 0 Å². The van der Waals surface area contributed by atoms with Gasteiger partial charge in [0, 0.05) is 19.8 Å². The van der Waals surface area contributed by atoms with Crippen LogP contribution in [0.25, 0.3) is 0 Å². The fourth-order valence-electron chi connectivity index (χ4n) is 1.78. The number of anilines is 1. The Hall–Kier alpha value is -1.88. The Labute approximate surface area is 138 Å². The predicted molar refractivity (Wildman–Crippen MR) is 89.0 cm³/mol. The van der Waals surface area contributed by atoms with Crippen molar-refractivity contribution in [2.45, 2.75) is 19.0 Å². The van der Waals surface area contributed by atoms with Crippen LogP contribution in [0.5, 0.6) is 0 Å². The number of nitrogen functional groups attached to an aromatic ring is 1. The molecule has 2 rings (SSSR count). The molecule has 0 amide bonds. The highest BCUT2D eigenvalue weighted by Crippen LogP contribution is 2.37. The topological polar surface area (TPSA) is 65.4 Å². The third kappa shape index (κ3) is 6.40. The fourth-order valence-corrected chi connectivity index (χ4v) is 2.80. The van der Waals surface area contributed by atoms with Crippen LogP contribution < -0.4 is 5.73 Å². The Morgan fingerprint density at radius 3 is 2.30 bits per heavy atom. The number of benzene rings is 1. The Kier molecular flexibility index (Phi) is 7.23. The molecule has 0 saturated carbocycles. The number of nitrogens with two attached hydrogens (primary N) is 1. The van der Waals surface area contributed by atoms with Gasteiger partial charge in [-0.05, 0) is 36.5 Å². The van der Waals surface area contributed by atoms with Crippen molar-refractivity contribution in [3.05, 3.63) is 23.3 Å². The number of alkyl halides is 3. The Bertz CT molecular complexity index is 580. The van der Waals surface area contributed by atoms with E-state index in [1.165, 1.54) is 47.7 Å². The van der Waals surface area contributed by atoms with E-state index < -0.39 is 17.3 Å². The largest absolute Gasteiger partial charge is 0.417 e. The van der Waals surface area contributed by atoms with Crippen molar-refractivity contribution in [1.82, 2.24) is 4.90 Å². The van der Waals surface area contributed by atoms with E-state index in [-0.39, 0.29) is 11.4 Å². The quantitative estimate of drug-likeness (QED) is 0.502. The molecule has 1 aliphatic heterocycles. The number of rotatable bonds is 2. The van der Waals surface area contributed by atoms with Crippen LogP contribution in [0.4, 0.5) is 24.5 Å². The second-order valence-electron chi connectivity index (χ2n) is 5.10. The maximum Gasteiger partial charge on any atom is 0.417 e. The number of nitriles is 1. The highest BCUT2D eigenvalue weighted by atomic mass is 32.2. The summed E-state index contributed by atoms with van der Waals surface area (Å²) in [7, 11) is 3.32. The highest BCUT2D eigenvalue weighted by molar-refractivity contribution is 7.99. The van der Waals surface area contributed by atoms with E-state index in [0.29, 0.717) is 0 Å². The van der Waals surface area contributed by atoms with Crippen LogP contribution >= 0.6 is 11.8 Å². The molecule has 4 nitrogen and oxygen atoms in total. The lowest BCUT2D eigenvalue weighted by molar-refractivity contribution is -0.137. The molecular formula is C15H19F3N4S. The summed E-state index contributed by atoms with van der Waals surface area (Å²) in [5.74, 6) is 2.83. The average molecular weight is 344 g/mol. The summed E-state index contributed by atoms with van der Waals surface area (Å²) in [5, 5.41) is 8.84. The number of thioether (sulfide) groups is 1. The van der Waals surface area contributed by atoms with Crippen molar-refractivity contribution in [1.29, 1.82) is 5.26 Å². The maximum absolute atomic E-state index is 12.7. The Morgan fingerprint density at radius 1 is 1.30 bits per heavy atom. The van der Waals surface area contributed by atoms with Crippen LogP contribution in [0.2, 0.25) is 0 Å². The van der Waals surface area contributed by atoms with Crippen molar-refractivity contribution in [3.63, 3.8) is 0 Å². The van der Waals surface area contributed by atoms with Crippen molar-refractivity contribution in [3.8, 4) is 6.07 Å². The van der Waals surface area contributed by atoms with Gasteiger partial charge in [0.1, 0.15) is 6.07 Å². The van der Waals surface area contributed by atoms with E-state index >= 15 is 0 Å². The van der Waals surface area contributed by atoms with Gasteiger partial charge in [0.05, 0.1) is 23.2 Å². The first-order valence-electron chi connectivity index (χ1n) is 6.95. The number of hydrogen-bond acceptors (Lipinski definition) is 4. The van der Waals surface area contributed by atoms with Gasteiger partial charge in [-0.3, -0.25) is 0 Å². The summed E-state index contributed by atoms with van der Waals surface area (Å²) < 4.78 is 38.2. The monoisotopic (exact) mass is 344 g/mol. The van der Waals surface area contributed by atoms with Crippen molar-refractivity contribution >= 4 is 29.5 Å². The number of aliphatic imine (C=N–C) groups is 1. The Morgan fingerprint density at radius 2 is 1.91 bits per heavy atom. The lowest BCUT2D eigenvalue weighted by Crippen LogP contribution is -2.10. The molecule has 1 aromatic rings. The third-order valence-corrected chi connectivity index (χ3v) is 3.97. The molecular weight excluding hydrogens is 325 g/mol. The zero-order valence-corrected chi connectivity index (χ0v) is 13.8. The van der Waals surface area contributed by atoms with Gasteiger partial charge in [0.25, 0.3) is 0 Å². The molecule has 0 bridgehead atoms. The molecule has 0 atom stereocenters. The number of hydrogen-bond donors (Lipinski definition) is 1. The predicted octanol–water partition coefficient (Wildman–Crippen LogP) is 3.89. The molecule has 8 heteroatoms. The van der Waals surface area contributed by atoms with E-state index in [9.17, 15) is 13.2 Å². The molecule has 0 unspecified atom stereocenters. The molecule has 0 aliphatic carbocycles. The minimum atomic E-state index is -4.64. The molecule has 23 heavy (non-hydrogen) atoms. The van der Waals surface area contributed by atoms with Crippen LogP contribution in [0.15, 0.2) is 17.1 Å². The molecule has 1 fully saturated rings. The van der Waals surface area contributed by atoms with Crippen LogP contribution in [0.1, 0.15) is 24.0 Å². The van der Waals surface area contributed by atoms with Crippen LogP contribution in [0.3, 0.4) is 0 Å². The van der Waals surface area contributed by atoms with Gasteiger partial charge in [0.15, 0.2) is 0 Å². The molecule has 1 heterocycles. The molecule has 1 saturated heterocycles. The molecule has 126 valence electrons. The number of nitrogens with zero attached hydrogens (tertiary/aromatic N) is 3. The van der Waals surface area contributed by atoms with Crippen molar-refractivity contribution in [2.75, 3.05) is 31.3 Å². The summed E-state index contributed by atoms with van der Waals surface area (Å²) in [6.07, 6.45) is -0.409. The van der Waals surface area contributed by atoms with Gasteiger partial charge in [-0.2, -0.15) is 30.2 Å². The fraction of sp³-hybridized carbons (Fsp3) is 0.467. The summed E-state index contributed by atoms with van der Waals surface area (Å²) in [5.41, 5.74) is 3.59. The van der Waals surface area contributed by atoms with E-state index in [2.05, 4.69) is 16.8 Å². The standard InChI is InChI=1S/C11H11F3N4.C4H8S/c1-18(2)6-17-10-4-7(16)3-9(8(10)5-15)11(12,13)14;1-2-4-5-3-1/h3-4,6H,16H2,1-2H3;1-4H2. The lowest BCUT2D eigenvalue weighted by atomic mass is 10.0. The SMILES string of the molecule is C1CCSC1.CN(C)C=Nc1cc(N)cc(C(F)(F)F)c1C#N. The Balaban J connectivity index is 0.000000446. The molecule has 0 radical (unpaired) electrons. The van der Waals surface area contributed by atoms with E-state index in [1.807, 2.05) is 0 Å². The van der Waals surface area contributed by atoms with Crippen LogP contribution in [0, 0.1) is 11.3 Å². The second-order valence-corrected chi connectivity index (χ2v) is 6.32. The average Bonchev–Trinajstić information content (AvgIpc) is 3.02. The number of halogens is 3. The van der Waals surface area contributed by atoms with Gasteiger partial charge >= 0.3 is 6.18 Å². The van der Waals surface area contributed by atoms with Gasteiger partial charge in [0.2, 0.25) is 0 Å². The first-order chi connectivity index (χ1) is 10.8. The van der Waals surface area contributed by atoms with Gasteiger partial charge < -0.3 is 10.6 Å². The normalized spacial score (nSPS) is 14.3. The van der Waals surface area contributed by atoms with Crippen molar-refractivity contribution < 1.29 is 13.2 Å². The zero-order valence-electron chi connectivity index (χ0n) is 13.0. The minimum Gasteiger partial charge on any atom is -0.399 e. The first-order valence-corrected chi connectivity index (χ1v) is 8.10. The molecule has 2 N–H and O–H groups in total. The summed E-state index contributed by atoms with van der Waals surface area (Å²) in [6.45, 7) is 0. The third-order valence-electron chi connectivity index (χ3n) is 2.81. The molecule has 0 aromatic heterocycles. The van der Waals surface area contributed by atoms with Crippen molar-refractivity contribution in [2.24, 2.45) is 4.99 Å². The summed E-state index contributed by atoms with van der Waals surface area (Å²) in [4.78, 5) is 5.35. The zero-order chi connectivity index (χ0) is 17.5. The molecule has 1 aliphatic rings. The maximum atomic E-state index is 12.7. The molecule has 1 aromatic carbocycles. The van der Waals surface area contributed by atoms with Gasteiger partial charge in [-0.25, -0.2) is 4.99 Å². The second kappa shape index (κ2) is 8.67. The van der Waals surface area contributed by atoms with E-state index in [1.54, 1.807) is 14.1 Å². The highest BCUT2D eigenvalue weighted by Gasteiger charge is 2.35. The summed E-state index contributed by atoms with van der Waals surface area (Å²) >= 11 is 2.07.